The van der Waals surface area contributed by atoms with E-state index in [0.717, 1.165) is 59.8 Å². The fourth-order valence-electron chi connectivity index (χ4n) is 4.80. The molecule has 0 aliphatic heterocycles. The zero-order valence-electron chi connectivity index (χ0n) is 19.9. The number of hydrogen-bond acceptors (Lipinski definition) is 4. The molecule has 34 heavy (non-hydrogen) atoms. The normalized spacial score (nSPS) is 17.2. The number of halogens is 1. The lowest BCUT2D eigenvalue weighted by molar-refractivity contribution is -0.120. The third-order valence-electron chi connectivity index (χ3n) is 6.89. The largest absolute Gasteiger partial charge is 0.508 e. The van der Waals surface area contributed by atoms with Crippen LogP contribution in [-0.4, -0.2) is 25.8 Å². The summed E-state index contributed by atoms with van der Waals surface area (Å²) in [6, 6.07) is 9.55. The number of carbonyl (C=O) groups is 1. The smallest absolute Gasteiger partial charge is 0.234 e. The van der Waals surface area contributed by atoms with Gasteiger partial charge < -0.3 is 10.0 Å². The maximum Gasteiger partial charge on any atom is 0.234 e. The van der Waals surface area contributed by atoms with E-state index in [2.05, 4.69) is 30.1 Å². The number of amides is 1. The topological polar surface area (TPSA) is 71.2 Å². The highest BCUT2D eigenvalue weighted by atomic mass is 35.5. The van der Waals surface area contributed by atoms with Crippen molar-refractivity contribution in [3.8, 4) is 5.75 Å². The van der Waals surface area contributed by atoms with Crippen molar-refractivity contribution in [1.29, 1.82) is 0 Å². The van der Waals surface area contributed by atoms with Gasteiger partial charge in [-0.1, -0.05) is 26.0 Å². The van der Waals surface area contributed by atoms with Gasteiger partial charge in [0.25, 0.3) is 0 Å². The molecule has 0 spiro atoms. The van der Waals surface area contributed by atoms with E-state index in [-0.39, 0.29) is 24.2 Å². The Morgan fingerprint density at radius 3 is 2.71 bits per heavy atom. The van der Waals surface area contributed by atoms with Gasteiger partial charge in [-0.2, -0.15) is 5.10 Å². The number of phenols is 1. The number of fused-ring (bicyclic) bond motifs is 1. The fraction of sp³-hybridized carbons (Fsp3) is 0.444. The number of hydrogen-bond donors (Lipinski definition) is 1. The fourth-order valence-corrected chi connectivity index (χ4v) is 4.80. The van der Waals surface area contributed by atoms with Crippen LogP contribution >= 0.6 is 12.4 Å². The Bertz CT molecular complexity index is 1140. The molecule has 0 bridgehead atoms. The van der Waals surface area contributed by atoms with Crippen LogP contribution in [0.4, 0.5) is 5.69 Å². The molecule has 1 saturated carbocycles. The van der Waals surface area contributed by atoms with E-state index in [1.54, 1.807) is 6.07 Å². The Morgan fingerprint density at radius 1 is 1.18 bits per heavy atom. The number of pyridine rings is 1. The number of rotatable bonds is 7. The van der Waals surface area contributed by atoms with Crippen LogP contribution in [0.3, 0.4) is 0 Å². The Hall–Kier alpha value is -2.86. The van der Waals surface area contributed by atoms with E-state index < -0.39 is 0 Å². The molecule has 0 radical (unpaired) electrons. The van der Waals surface area contributed by atoms with Crippen molar-refractivity contribution in [3.05, 3.63) is 71.3 Å². The molecule has 1 aromatic carbocycles. The molecule has 1 amide bonds. The second-order valence-electron chi connectivity index (χ2n) is 9.82. The number of aromatic hydroxyl groups is 1. The maximum absolute atomic E-state index is 14.0. The summed E-state index contributed by atoms with van der Waals surface area (Å²) in [6.45, 7) is 5.64. The minimum Gasteiger partial charge on any atom is -0.508 e. The van der Waals surface area contributed by atoms with Crippen molar-refractivity contribution in [1.82, 2.24) is 14.8 Å². The predicted octanol–water partition coefficient (Wildman–Crippen LogP) is 5.59. The molecular weight excluding hydrogens is 448 g/mol. The third kappa shape index (κ3) is 5.12. The number of phenolic OH excluding ortho intramolecular Hbond substituents is 1. The Labute approximate surface area is 207 Å². The van der Waals surface area contributed by atoms with Crippen LogP contribution in [0.5, 0.6) is 5.75 Å². The predicted molar refractivity (Wildman–Crippen MR) is 136 cm³/mol. The number of anilines is 1. The number of benzene rings is 1. The highest BCUT2D eigenvalue weighted by Gasteiger charge is 2.32. The summed E-state index contributed by atoms with van der Waals surface area (Å²) in [5, 5.41) is 14.9. The van der Waals surface area contributed by atoms with Crippen LogP contribution in [0.25, 0.3) is 0 Å². The molecule has 1 atom stereocenters. The zero-order valence-corrected chi connectivity index (χ0v) is 20.7. The average Bonchev–Trinajstić information content (AvgIpc) is 3.53. The molecule has 5 rings (SSSR count). The van der Waals surface area contributed by atoms with E-state index in [0.29, 0.717) is 18.2 Å². The van der Waals surface area contributed by atoms with Gasteiger partial charge in [0.2, 0.25) is 5.91 Å². The van der Waals surface area contributed by atoms with E-state index in [4.69, 9.17) is 0 Å². The van der Waals surface area contributed by atoms with Crippen LogP contribution in [0, 0.1) is 5.92 Å². The zero-order chi connectivity index (χ0) is 22.9. The Morgan fingerprint density at radius 2 is 2.00 bits per heavy atom. The molecule has 1 fully saturated rings. The summed E-state index contributed by atoms with van der Waals surface area (Å²) >= 11 is 0. The molecular formula is C27H33ClN4O2. The first-order valence-electron chi connectivity index (χ1n) is 12.1. The van der Waals surface area contributed by atoms with Crippen molar-refractivity contribution in [3.63, 3.8) is 0 Å². The van der Waals surface area contributed by atoms with E-state index in [9.17, 15) is 9.90 Å². The van der Waals surface area contributed by atoms with Gasteiger partial charge in [-0.15, -0.1) is 12.4 Å². The van der Waals surface area contributed by atoms with Gasteiger partial charge >= 0.3 is 0 Å². The Balaban J connectivity index is 0.00000274. The SMILES string of the molecule is CC(C)c1ccc(N(Cc2cnn(CC3CC3)c2)C(=O)C2CCCc3c(O)cccc32)cn1.Cl. The van der Waals surface area contributed by atoms with Gasteiger partial charge in [-0.25, -0.2) is 0 Å². The van der Waals surface area contributed by atoms with E-state index in [1.807, 2.05) is 46.2 Å². The molecule has 0 saturated heterocycles. The first-order valence-corrected chi connectivity index (χ1v) is 12.1. The highest BCUT2D eigenvalue weighted by Crippen LogP contribution is 2.38. The lowest BCUT2D eigenvalue weighted by Gasteiger charge is -2.31. The van der Waals surface area contributed by atoms with Gasteiger partial charge in [0.05, 0.1) is 30.5 Å². The van der Waals surface area contributed by atoms with Gasteiger partial charge in [0.15, 0.2) is 0 Å². The molecule has 1 N–H and O–H groups in total. The maximum atomic E-state index is 14.0. The van der Waals surface area contributed by atoms with Gasteiger partial charge in [0.1, 0.15) is 5.75 Å². The number of carbonyl (C=O) groups excluding carboxylic acids is 1. The first kappa shape index (κ1) is 24.3. The monoisotopic (exact) mass is 480 g/mol. The summed E-state index contributed by atoms with van der Waals surface area (Å²) in [5.41, 5.74) is 4.69. The summed E-state index contributed by atoms with van der Waals surface area (Å²) < 4.78 is 2.00. The molecule has 2 heterocycles. The van der Waals surface area contributed by atoms with E-state index >= 15 is 0 Å². The molecule has 1 unspecified atom stereocenters. The molecule has 2 aliphatic rings. The van der Waals surface area contributed by atoms with Gasteiger partial charge in [-0.3, -0.25) is 14.5 Å². The van der Waals surface area contributed by atoms with Gasteiger partial charge in [-0.05, 0) is 73.3 Å². The minimum atomic E-state index is -0.271. The number of aromatic nitrogens is 3. The van der Waals surface area contributed by atoms with Crippen molar-refractivity contribution in [2.24, 2.45) is 5.92 Å². The molecule has 2 aliphatic carbocycles. The summed E-state index contributed by atoms with van der Waals surface area (Å²) in [5.74, 6) is 1.15. The van der Waals surface area contributed by atoms with Crippen LogP contribution in [-0.2, 0) is 24.3 Å². The van der Waals surface area contributed by atoms with Crippen LogP contribution in [0.15, 0.2) is 48.9 Å². The summed E-state index contributed by atoms with van der Waals surface area (Å²) in [4.78, 5) is 20.5. The van der Waals surface area contributed by atoms with E-state index in [1.165, 1.54) is 12.8 Å². The molecule has 2 aromatic heterocycles. The summed E-state index contributed by atoms with van der Waals surface area (Å²) in [6.07, 6.45) is 10.8. The molecule has 6 nitrogen and oxygen atoms in total. The number of nitrogens with zero attached hydrogens (tertiary/aromatic N) is 4. The molecule has 3 aromatic rings. The lowest BCUT2D eigenvalue weighted by atomic mass is 9.81. The summed E-state index contributed by atoms with van der Waals surface area (Å²) in [7, 11) is 0. The van der Waals surface area contributed by atoms with Crippen molar-refractivity contribution < 1.29 is 9.90 Å². The van der Waals surface area contributed by atoms with Gasteiger partial charge in [0, 0.05) is 24.0 Å². The lowest BCUT2D eigenvalue weighted by Crippen LogP contribution is -2.36. The van der Waals surface area contributed by atoms with Crippen molar-refractivity contribution >= 4 is 24.0 Å². The second-order valence-corrected chi connectivity index (χ2v) is 9.82. The average molecular weight is 481 g/mol. The van der Waals surface area contributed by atoms with Crippen LogP contribution < -0.4 is 4.90 Å². The Kier molecular flexibility index (Phi) is 7.27. The molecule has 7 heteroatoms. The standard InChI is InChI=1S/C27H32N4O2.ClH/c1-18(2)25-12-11-21(14-28-25)31(17-20-13-29-30(16-20)15-19-9-10-19)27(33)24-7-3-6-23-22(24)5-4-8-26(23)32;/h4-5,8,11-14,16,18-19,24,32H,3,6-7,9-10,15,17H2,1-2H3;1H. The van der Waals surface area contributed by atoms with Crippen molar-refractivity contribution in [2.45, 2.75) is 70.9 Å². The van der Waals surface area contributed by atoms with Crippen LogP contribution in [0.2, 0.25) is 0 Å². The van der Waals surface area contributed by atoms with Crippen LogP contribution in [0.1, 0.15) is 73.8 Å². The molecule has 180 valence electrons. The second kappa shape index (κ2) is 10.2. The quantitative estimate of drug-likeness (QED) is 0.478. The minimum absolute atomic E-state index is 0. The first-order chi connectivity index (χ1) is 16.0. The van der Waals surface area contributed by atoms with Crippen molar-refractivity contribution in [2.75, 3.05) is 4.90 Å². The highest BCUT2D eigenvalue weighted by molar-refractivity contribution is 5.98. The third-order valence-corrected chi connectivity index (χ3v) is 6.89.